The van der Waals surface area contributed by atoms with E-state index in [9.17, 15) is 4.79 Å². The molecule has 1 N–H and O–H groups in total. The van der Waals surface area contributed by atoms with E-state index in [1.54, 1.807) is 12.1 Å². The molecule has 0 aromatic heterocycles. The molecule has 1 aliphatic rings. The van der Waals surface area contributed by atoms with Crippen molar-refractivity contribution in [1.29, 1.82) is 0 Å². The first-order valence-electron chi connectivity index (χ1n) is 5.55. The first-order valence-corrected chi connectivity index (χ1v) is 7.08. The lowest BCUT2D eigenvalue weighted by Gasteiger charge is -2.20. The molecule has 1 heterocycles. The number of benzene rings is 1. The van der Waals surface area contributed by atoms with Gasteiger partial charge >= 0.3 is 0 Å². The highest BCUT2D eigenvalue weighted by molar-refractivity contribution is 14.1. The minimum atomic E-state index is -0.0998. The average molecular weight is 347 g/mol. The minimum absolute atomic E-state index is 0.0998. The van der Waals surface area contributed by atoms with Crippen LogP contribution in [0, 0.1) is 0 Å². The number of fused-ring (bicyclic) bond motifs is 1. The van der Waals surface area contributed by atoms with E-state index >= 15 is 0 Å². The van der Waals surface area contributed by atoms with Gasteiger partial charge < -0.3 is 14.8 Å². The summed E-state index contributed by atoms with van der Waals surface area (Å²) in [5.74, 6) is 1.11. The second kappa shape index (κ2) is 6.09. The Morgan fingerprint density at radius 1 is 1.35 bits per heavy atom. The van der Waals surface area contributed by atoms with Gasteiger partial charge in [0.2, 0.25) is 0 Å². The van der Waals surface area contributed by atoms with E-state index in [1.165, 1.54) is 0 Å². The summed E-state index contributed by atoms with van der Waals surface area (Å²) in [6, 6.07) is 5.38. The number of ether oxygens (including phenoxy) is 2. The van der Waals surface area contributed by atoms with Crippen LogP contribution in [0.2, 0.25) is 0 Å². The molecule has 0 fully saturated rings. The highest BCUT2D eigenvalue weighted by Crippen LogP contribution is 2.33. The summed E-state index contributed by atoms with van der Waals surface area (Å²) in [6.07, 6.45) is 0.971. The van der Waals surface area contributed by atoms with Crippen molar-refractivity contribution in [3.8, 4) is 11.5 Å². The number of hydrogen-bond donors (Lipinski definition) is 1. The molecule has 1 aliphatic heterocycles. The number of carbonyl (C=O) groups is 1. The van der Waals surface area contributed by atoms with Crippen LogP contribution >= 0.6 is 22.6 Å². The zero-order valence-electron chi connectivity index (χ0n) is 9.37. The van der Waals surface area contributed by atoms with Crippen molar-refractivity contribution < 1.29 is 14.3 Å². The van der Waals surface area contributed by atoms with Crippen LogP contribution < -0.4 is 14.8 Å². The van der Waals surface area contributed by atoms with Crippen molar-refractivity contribution in [3.05, 3.63) is 23.8 Å². The standard InChI is InChI=1S/C12H14INO3/c13-5-2-6-14-12(15)9-3-1-4-10-11(9)17-8-7-16-10/h1,3-4H,2,5-8H2,(H,14,15). The van der Waals surface area contributed by atoms with Crippen molar-refractivity contribution in [1.82, 2.24) is 5.32 Å². The zero-order valence-corrected chi connectivity index (χ0v) is 11.5. The monoisotopic (exact) mass is 347 g/mol. The maximum atomic E-state index is 11.9. The molecule has 0 bridgehead atoms. The molecule has 92 valence electrons. The Morgan fingerprint density at radius 2 is 2.18 bits per heavy atom. The van der Waals surface area contributed by atoms with Gasteiger partial charge in [-0.1, -0.05) is 28.7 Å². The Balaban J connectivity index is 2.12. The van der Waals surface area contributed by atoms with Gasteiger partial charge in [-0.2, -0.15) is 0 Å². The minimum Gasteiger partial charge on any atom is -0.486 e. The fourth-order valence-electron chi connectivity index (χ4n) is 1.62. The lowest BCUT2D eigenvalue weighted by atomic mass is 10.1. The highest BCUT2D eigenvalue weighted by Gasteiger charge is 2.19. The van der Waals surface area contributed by atoms with Gasteiger partial charge in [-0.15, -0.1) is 0 Å². The first kappa shape index (κ1) is 12.5. The van der Waals surface area contributed by atoms with Gasteiger partial charge in [0.1, 0.15) is 13.2 Å². The van der Waals surface area contributed by atoms with Gasteiger partial charge in [0.15, 0.2) is 11.5 Å². The normalized spacial score (nSPS) is 13.2. The number of nitrogens with one attached hydrogen (secondary N) is 1. The molecular formula is C12H14INO3. The van der Waals surface area contributed by atoms with Gasteiger partial charge in [0.05, 0.1) is 5.56 Å². The Labute approximate surface area is 114 Å². The molecule has 4 nitrogen and oxygen atoms in total. The fraction of sp³-hybridized carbons (Fsp3) is 0.417. The van der Waals surface area contributed by atoms with E-state index in [2.05, 4.69) is 27.9 Å². The number of alkyl halides is 1. The summed E-state index contributed by atoms with van der Waals surface area (Å²) in [7, 11) is 0. The summed E-state index contributed by atoms with van der Waals surface area (Å²) in [5, 5.41) is 2.87. The number of amides is 1. The van der Waals surface area contributed by atoms with E-state index in [4.69, 9.17) is 9.47 Å². The second-order valence-electron chi connectivity index (χ2n) is 3.63. The van der Waals surface area contributed by atoms with Gasteiger partial charge in [-0.25, -0.2) is 0 Å². The number of para-hydroxylation sites is 1. The third-order valence-electron chi connectivity index (χ3n) is 2.41. The first-order chi connectivity index (χ1) is 8.33. The smallest absolute Gasteiger partial charge is 0.255 e. The van der Waals surface area contributed by atoms with Crippen molar-refractivity contribution in [2.45, 2.75) is 6.42 Å². The predicted molar refractivity (Wildman–Crippen MR) is 73.3 cm³/mol. The maximum Gasteiger partial charge on any atom is 0.255 e. The SMILES string of the molecule is O=C(NCCCI)c1cccc2c1OCCO2. The molecule has 0 atom stereocenters. The van der Waals surface area contributed by atoms with Crippen LogP contribution in [0.3, 0.4) is 0 Å². The lowest BCUT2D eigenvalue weighted by molar-refractivity contribution is 0.0942. The van der Waals surface area contributed by atoms with Gasteiger partial charge in [-0.3, -0.25) is 4.79 Å². The fourth-order valence-corrected chi connectivity index (χ4v) is 2.00. The van der Waals surface area contributed by atoms with E-state index in [1.807, 2.05) is 6.07 Å². The molecule has 2 rings (SSSR count). The Hall–Kier alpha value is -0.980. The van der Waals surface area contributed by atoms with E-state index in [-0.39, 0.29) is 5.91 Å². The van der Waals surface area contributed by atoms with E-state index < -0.39 is 0 Å². The van der Waals surface area contributed by atoms with Crippen molar-refractivity contribution in [3.63, 3.8) is 0 Å². The van der Waals surface area contributed by atoms with Crippen LogP contribution in [-0.4, -0.2) is 30.1 Å². The topological polar surface area (TPSA) is 47.6 Å². The molecule has 0 radical (unpaired) electrons. The van der Waals surface area contributed by atoms with E-state index in [0.717, 1.165) is 10.8 Å². The van der Waals surface area contributed by atoms with Crippen LogP contribution in [0.15, 0.2) is 18.2 Å². The van der Waals surface area contributed by atoms with Crippen molar-refractivity contribution in [2.24, 2.45) is 0 Å². The van der Waals surface area contributed by atoms with Gasteiger partial charge in [0.25, 0.3) is 5.91 Å². The molecule has 0 spiro atoms. The summed E-state index contributed by atoms with van der Waals surface area (Å²) >= 11 is 2.29. The predicted octanol–water partition coefficient (Wildman–Crippen LogP) is 2.01. The largest absolute Gasteiger partial charge is 0.486 e. The molecule has 0 unspecified atom stereocenters. The quantitative estimate of drug-likeness (QED) is 0.515. The van der Waals surface area contributed by atoms with Crippen LogP contribution in [0.4, 0.5) is 0 Å². The Kier molecular flexibility index (Phi) is 4.47. The highest BCUT2D eigenvalue weighted by atomic mass is 127. The maximum absolute atomic E-state index is 11.9. The molecular weight excluding hydrogens is 333 g/mol. The Bertz CT molecular complexity index is 409. The van der Waals surface area contributed by atoms with Crippen LogP contribution in [0.25, 0.3) is 0 Å². The van der Waals surface area contributed by atoms with Crippen LogP contribution in [0.5, 0.6) is 11.5 Å². The molecule has 1 aromatic rings. The third kappa shape index (κ3) is 3.02. The summed E-state index contributed by atoms with van der Waals surface area (Å²) < 4.78 is 12.0. The summed E-state index contributed by atoms with van der Waals surface area (Å²) in [4.78, 5) is 11.9. The van der Waals surface area contributed by atoms with E-state index in [0.29, 0.717) is 36.8 Å². The molecule has 5 heteroatoms. The average Bonchev–Trinajstić information content (AvgIpc) is 2.38. The van der Waals surface area contributed by atoms with Gasteiger partial charge in [0, 0.05) is 11.0 Å². The lowest BCUT2D eigenvalue weighted by Crippen LogP contribution is -2.26. The van der Waals surface area contributed by atoms with Crippen molar-refractivity contribution in [2.75, 3.05) is 24.2 Å². The molecule has 1 amide bonds. The third-order valence-corrected chi connectivity index (χ3v) is 3.17. The van der Waals surface area contributed by atoms with Crippen LogP contribution in [-0.2, 0) is 0 Å². The molecule has 0 aliphatic carbocycles. The summed E-state index contributed by atoms with van der Waals surface area (Å²) in [6.45, 7) is 1.71. The number of carbonyl (C=O) groups excluding carboxylic acids is 1. The molecule has 1 aromatic carbocycles. The number of rotatable bonds is 4. The zero-order chi connectivity index (χ0) is 12.1. The van der Waals surface area contributed by atoms with Crippen LogP contribution in [0.1, 0.15) is 16.8 Å². The summed E-state index contributed by atoms with van der Waals surface area (Å²) in [5.41, 5.74) is 0.552. The second-order valence-corrected chi connectivity index (χ2v) is 4.71. The number of hydrogen-bond acceptors (Lipinski definition) is 3. The molecule has 0 saturated carbocycles. The molecule has 0 saturated heterocycles. The van der Waals surface area contributed by atoms with Crippen molar-refractivity contribution >= 4 is 28.5 Å². The molecule has 17 heavy (non-hydrogen) atoms. The van der Waals surface area contributed by atoms with Gasteiger partial charge in [-0.05, 0) is 18.6 Å². The number of halogens is 1. The Morgan fingerprint density at radius 3 is 3.00 bits per heavy atom.